The minimum Gasteiger partial charge on any atom is -0.465 e. The van der Waals surface area contributed by atoms with Gasteiger partial charge in [0.05, 0.1) is 18.5 Å². The van der Waals surface area contributed by atoms with Crippen molar-refractivity contribution >= 4 is 29.2 Å². The molecule has 1 aromatic heterocycles. The summed E-state index contributed by atoms with van der Waals surface area (Å²) < 4.78 is 9.56. The van der Waals surface area contributed by atoms with Crippen LogP contribution in [0.25, 0.3) is 0 Å². The van der Waals surface area contributed by atoms with Crippen LogP contribution < -0.4 is 5.32 Å². The molecule has 0 atom stereocenters. The van der Waals surface area contributed by atoms with Gasteiger partial charge in [-0.05, 0) is 32.9 Å². The quantitative estimate of drug-likeness (QED) is 0.681. The molecule has 1 heterocycles. The van der Waals surface area contributed by atoms with Crippen molar-refractivity contribution < 1.29 is 23.9 Å². The molecule has 1 amide bonds. The number of thiophene rings is 1. The lowest BCUT2D eigenvalue weighted by Crippen LogP contribution is -2.35. The summed E-state index contributed by atoms with van der Waals surface area (Å²) in [7, 11) is 1.27. The van der Waals surface area contributed by atoms with Gasteiger partial charge in [-0.1, -0.05) is 0 Å². The molecular weight excluding hydrogens is 282 g/mol. The SMILES string of the molecule is COC(=O)c1ccc(C(=O)CNC(=O)OC(C)(C)C)s1. The molecule has 0 aliphatic rings. The maximum atomic E-state index is 11.8. The molecule has 1 rings (SSSR count). The zero-order chi connectivity index (χ0) is 15.3. The Bertz CT molecular complexity index is 515. The van der Waals surface area contributed by atoms with Crippen molar-refractivity contribution in [2.75, 3.05) is 13.7 Å². The lowest BCUT2D eigenvalue weighted by molar-refractivity contribution is 0.0519. The minimum atomic E-state index is -0.657. The highest BCUT2D eigenvalue weighted by molar-refractivity contribution is 7.15. The molecule has 1 N–H and O–H groups in total. The van der Waals surface area contributed by atoms with Crippen LogP contribution in [0.1, 0.15) is 40.1 Å². The van der Waals surface area contributed by atoms with Crippen LogP contribution in [-0.2, 0) is 9.47 Å². The second kappa shape index (κ2) is 6.51. The Morgan fingerprint density at radius 3 is 2.35 bits per heavy atom. The van der Waals surface area contributed by atoms with Gasteiger partial charge in [0.1, 0.15) is 10.5 Å². The number of amides is 1. The fourth-order valence-electron chi connectivity index (χ4n) is 1.25. The van der Waals surface area contributed by atoms with Gasteiger partial charge in [-0.2, -0.15) is 0 Å². The van der Waals surface area contributed by atoms with E-state index >= 15 is 0 Å². The summed E-state index contributed by atoms with van der Waals surface area (Å²) in [5.41, 5.74) is -0.617. The third kappa shape index (κ3) is 5.00. The Balaban J connectivity index is 2.53. The molecule has 0 bridgehead atoms. The van der Waals surface area contributed by atoms with Crippen molar-refractivity contribution in [2.45, 2.75) is 26.4 Å². The van der Waals surface area contributed by atoms with Crippen LogP contribution in [-0.4, -0.2) is 37.1 Å². The van der Waals surface area contributed by atoms with Gasteiger partial charge >= 0.3 is 12.1 Å². The number of hydrogen-bond acceptors (Lipinski definition) is 6. The number of hydrogen-bond donors (Lipinski definition) is 1. The smallest absolute Gasteiger partial charge is 0.408 e. The Hall–Kier alpha value is -1.89. The van der Waals surface area contributed by atoms with Crippen LogP contribution in [0.3, 0.4) is 0 Å². The van der Waals surface area contributed by atoms with E-state index in [0.29, 0.717) is 9.75 Å². The predicted molar refractivity (Wildman–Crippen MR) is 74.2 cm³/mol. The Morgan fingerprint density at radius 1 is 1.20 bits per heavy atom. The third-order valence-electron chi connectivity index (χ3n) is 2.06. The van der Waals surface area contributed by atoms with Crippen molar-refractivity contribution in [2.24, 2.45) is 0 Å². The number of ether oxygens (including phenoxy) is 2. The second-order valence-corrected chi connectivity index (χ2v) is 6.02. The van der Waals surface area contributed by atoms with Crippen molar-refractivity contribution in [3.8, 4) is 0 Å². The van der Waals surface area contributed by atoms with Crippen LogP contribution in [0.4, 0.5) is 4.79 Å². The molecule has 0 radical (unpaired) electrons. The van der Waals surface area contributed by atoms with Crippen molar-refractivity contribution in [1.29, 1.82) is 0 Å². The number of rotatable bonds is 4. The van der Waals surface area contributed by atoms with E-state index in [1.807, 2.05) is 0 Å². The van der Waals surface area contributed by atoms with E-state index in [-0.39, 0.29) is 12.3 Å². The molecule has 0 aromatic carbocycles. The third-order valence-corrected chi connectivity index (χ3v) is 3.17. The molecular formula is C13H17NO5S. The van der Waals surface area contributed by atoms with Gasteiger partial charge in [0.25, 0.3) is 0 Å². The highest BCUT2D eigenvalue weighted by Gasteiger charge is 2.18. The first-order valence-electron chi connectivity index (χ1n) is 5.91. The molecule has 20 heavy (non-hydrogen) atoms. The molecule has 0 spiro atoms. The van der Waals surface area contributed by atoms with E-state index in [4.69, 9.17) is 4.74 Å². The fraction of sp³-hybridized carbons (Fsp3) is 0.462. The van der Waals surface area contributed by atoms with E-state index in [2.05, 4.69) is 10.1 Å². The van der Waals surface area contributed by atoms with Gasteiger partial charge < -0.3 is 14.8 Å². The van der Waals surface area contributed by atoms with Crippen molar-refractivity contribution in [3.63, 3.8) is 0 Å². The molecule has 1 aromatic rings. The monoisotopic (exact) mass is 299 g/mol. The van der Waals surface area contributed by atoms with Crippen LogP contribution in [0.2, 0.25) is 0 Å². The number of esters is 1. The minimum absolute atomic E-state index is 0.184. The summed E-state index contributed by atoms with van der Waals surface area (Å²) in [6.07, 6.45) is -0.657. The van der Waals surface area contributed by atoms with E-state index in [9.17, 15) is 14.4 Å². The number of carbonyl (C=O) groups excluding carboxylic acids is 3. The van der Waals surface area contributed by atoms with Crippen molar-refractivity contribution in [1.82, 2.24) is 5.32 Å². The van der Waals surface area contributed by atoms with Gasteiger partial charge in [-0.25, -0.2) is 9.59 Å². The molecule has 6 nitrogen and oxygen atoms in total. The number of nitrogens with one attached hydrogen (secondary N) is 1. The highest BCUT2D eigenvalue weighted by atomic mass is 32.1. The van der Waals surface area contributed by atoms with Gasteiger partial charge in [0.2, 0.25) is 0 Å². The molecule has 0 saturated heterocycles. The average Bonchev–Trinajstić information content (AvgIpc) is 2.82. The first kappa shape index (κ1) is 16.2. The summed E-state index contributed by atoms with van der Waals surface area (Å²) in [6.45, 7) is 5.01. The maximum Gasteiger partial charge on any atom is 0.408 e. The summed E-state index contributed by atoms with van der Waals surface area (Å²) in [5, 5.41) is 2.37. The molecule has 0 unspecified atom stereocenters. The van der Waals surface area contributed by atoms with Crippen LogP contribution in [0.5, 0.6) is 0 Å². The Morgan fingerprint density at radius 2 is 1.80 bits per heavy atom. The first-order valence-corrected chi connectivity index (χ1v) is 6.73. The van der Waals surface area contributed by atoms with E-state index in [0.717, 1.165) is 11.3 Å². The normalized spacial score (nSPS) is 10.8. The molecule has 7 heteroatoms. The summed E-state index contributed by atoms with van der Waals surface area (Å²) in [6, 6.07) is 3.03. The fourth-order valence-corrected chi connectivity index (χ4v) is 2.11. The van der Waals surface area contributed by atoms with Gasteiger partial charge in [0, 0.05) is 0 Å². The topological polar surface area (TPSA) is 81.7 Å². The zero-order valence-electron chi connectivity index (χ0n) is 11.8. The molecule has 0 aliphatic carbocycles. The Kier molecular flexibility index (Phi) is 5.26. The number of methoxy groups -OCH3 is 1. The van der Waals surface area contributed by atoms with E-state index in [1.54, 1.807) is 20.8 Å². The average molecular weight is 299 g/mol. The second-order valence-electron chi connectivity index (χ2n) is 4.93. The summed E-state index contributed by atoms with van der Waals surface area (Å²) in [4.78, 5) is 35.2. The van der Waals surface area contributed by atoms with Gasteiger partial charge in [-0.3, -0.25) is 4.79 Å². The molecule has 0 aliphatic heterocycles. The molecule has 110 valence electrons. The number of ketones is 1. The van der Waals surface area contributed by atoms with Crippen molar-refractivity contribution in [3.05, 3.63) is 21.9 Å². The van der Waals surface area contributed by atoms with E-state index in [1.165, 1.54) is 19.2 Å². The summed E-state index contributed by atoms with van der Waals surface area (Å²) >= 11 is 1.02. The number of carbonyl (C=O) groups is 3. The maximum absolute atomic E-state index is 11.8. The van der Waals surface area contributed by atoms with Crippen LogP contribution in [0.15, 0.2) is 12.1 Å². The lowest BCUT2D eigenvalue weighted by Gasteiger charge is -2.19. The zero-order valence-corrected chi connectivity index (χ0v) is 12.6. The standard InChI is InChI=1S/C13H17NO5S/c1-13(2,3)19-12(17)14-7-8(15)9-5-6-10(20-9)11(16)18-4/h5-6H,7H2,1-4H3,(H,14,17). The number of Topliss-reactive ketones (excluding diaryl/α,β-unsaturated/α-hetero) is 1. The Labute approximate surface area is 121 Å². The van der Waals surface area contributed by atoms with Crippen LogP contribution >= 0.6 is 11.3 Å². The van der Waals surface area contributed by atoms with Gasteiger partial charge in [-0.15, -0.1) is 11.3 Å². The highest BCUT2D eigenvalue weighted by Crippen LogP contribution is 2.17. The molecule has 0 fully saturated rings. The number of alkyl carbamates (subject to hydrolysis) is 1. The van der Waals surface area contributed by atoms with Crippen LogP contribution in [0, 0.1) is 0 Å². The largest absolute Gasteiger partial charge is 0.465 e. The first-order chi connectivity index (χ1) is 9.23. The predicted octanol–water partition coefficient (Wildman–Crippen LogP) is 2.24. The summed E-state index contributed by atoms with van der Waals surface area (Å²) in [5.74, 6) is -0.787. The lowest BCUT2D eigenvalue weighted by atomic mass is 10.2. The molecule has 0 saturated carbocycles. The van der Waals surface area contributed by atoms with E-state index < -0.39 is 17.7 Å². The van der Waals surface area contributed by atoms with Gasteiger partial charge in [0.15, 0.2) is 5.78 Å².